The smallest absolute Gasteiger partial charge is 0.247 e. The molecular formula is C10H7ClIN3O. The molecule has 6 heteroatoms. The van der Waals surface area contributed by atoms with Crippen LogP contribution in [0.2, 0.25) is 5.15 Å². The number of nitrogens with two attached hydrogens (primary N) is 1. The number of ether oxygens (including phenoxy) is 1. The van der Waals surface area contributed by atoms with E-state index < -0.39 is 0 Å². The number of anilines is 1. The second kappa shape index (κ2) is 4.84. The summed E-state index contributed by atoms with van der Waals surface area (Å²) in [4.78, 5) is 7.67. The second-order valence-electron chi connectivity index (χ2n) is 2.94. The van der Waals surface area contributed by atoms with Crippen LogP contribution in [0, 0.1) is 3.57 Å². The van der Waals surface area contributed by atoms with Crippen molar-refractivity contribution >= 4 is 39.9 Å². The van der Waals surface area contributed by atoms with Crippen LogP contribution < -0.4 is 10.5 Å². The van der Waals surface area contributed by atoms with Gasteiger partial charge in [-0.05, 0) is 40.8 Å². The van der Waals surface area contributed by atoms with E-state index in [2.05, 4.69) is 32.6 Å². The van der Waals surface area contributed by atoms with Gasteiger partial charge in [0.05, 0.1) is 0 Å². The number of benzene rings is 1. The Kier molecular flexibility index (Phi) is 3.45. The minimum Gasteiger partial charge on any atom is -0.437 e. The molecule has 0 radical (unpaired) electrons. The summed E-state index contributed by atoms with van der Waals surface area (Å²) in [5, 5.41) is 0.190. The lowest BCUT2D eigenvalue weighted by atomic mass is 10.3. The number of hydrogen-bond acceptors (Lipinski definition) is 4. The minimum atomic E-state index is 0.190. The summed E-state index contributed by atoms with van der Waals surface area (Å²) in [5.74, 6) is 0.926. The van der Waals surface area contributed by atoms with E-state index in [0.29, 0.717) is 5.75 Å². The molecule has 0 spiro atoms. The number of hydrogen-bond donors (Lipinski definition) is 1. The molecule has 0 amide bonds. The summed E-state index contributed by atoms with van der Waals surface area (Å²) < 4.78 is 6.57. The predicted octanol–water partition coefficient (Wildman–Crippen LogP) is 3.11. The van der Waals surface area contributed by atoms with Gasteiger partial charge in [-0.1, -0.05) is 17.7 Å². The Balaban J connectivity index is 2.31. The van der Waals surface area contributed by atoms with Crippen LogP contribution in [-0.2, 0) is 0 Å². The van der Waals surface area contributed by atoms with Gasteiger partial charge >= 0.3 is 0 Å². The summed E-state index contributed by atoms with van der Waals surface area (Å²) in [6.07, 6.45) is 1.31. The van der Waals surface area contributed by atoms with E-state index in [1.165, 1.54) is 6.33 Å². The van der Waals surface area contributed by atoms with Gasteiger partial charge in [0, 0.05) is 3.57 Å². The summed E-state index contributed by atoms with van der Waals surface area (Å²) in [6, 6.07) is 7.54. The monoisotopic (exact) mass is 347 g/mol. The maximum Gasteiger partial charge on any atom is 0.247 e. The predicted molar refractivity (Wildman–Crippen MR) is 70.7 cm³/mol. The van der Waals surface area contributed by atoms with E-state index in [0.717, 1.165) is 3.57 Å². The van der Waals surface area contributed by atoms with Crippen molar-refractivity contribution in [3.8, 4) is 11.6 Å². The van der Waals surface area contributed by atoms with Gasteiger partial charge < -0.3 is 10.5 Å². The molecule has 4 nitrogen and oxygen atoms in total. The lowest BCUT2D eigenvalue weighted by molar-refractivity contribution is 0.464. The summed E-state index contributed by atoms with van der Waals surface area (Å²) in [6.45, 7) is 0. The van der Waals surface area contributed by atoms with Crippen LogP contribution in [0.5, 0.6) is 11.6 Å². The zero-order chi connectivity index (χ0) is 11.5. The Bertz CT molecular complexity index is 521. The van der Waals surface area contributed by atoms with E-state index in [-0.39, 0.29) is 16.7 Å². The molecule has 0 bridgehead atoms. The standard InChI is InChI=1S/C10H7ClIN3O/c11-9-8(13)10(15-5-14-9)16-7-3-1-2-6(12)4-7/h1-5H,13H2. The fraction of sp³-hybridized carbons (Fsp3) is 0. The number of halogens is 2. The maximum atomic E-state index is 5.75. The first-order chi connectivity index (χ1) is 7.66. The first kappa shape index (κ1) is 11.4. The molecule has 2 N–H and O–H groups in total. The van der Waals surface area contributed by atoms with Gasteiger partial charge in [-0.2, -0.15) is 4.98 Å². The molecule has 0 fully saturated rings. The van der Waals surface area contributed by atoms with Gasteiger partial charge in [-0.3, -0.25) is 0 Å². The van der Waals surface area contributed by atoms with Crippen LogP contribution in [-0.4, -0.2) is 9.97 Å². The number of aromatic nitrogens is 2. The molecule has 0 aliphatic heterocycles. The lowest BCUT2D eigenvalue weighted by Gasteiger charge is -2.07. The molecular weight excluding hydrogens is 340 g/mol. The SMILES string of the molecule is Nc1c(Cl)ncnc1Oc1cccc(I)c1. The Hall–Kier alpha value is -1.08. The first-order valence-corrected chi connectivity index (χ1v) is 5.82. The topological polar surface area (TPSA) is 61.0 Å². The number of nitrogens with zero attached hydrogens (tertiary/aromatic N) is 2. The molecule has 0 atom stereocenters. The molecule has 16 heavy (non-hydrogen) atoms. The average Bonchev–Trinajstić information content (AvgIpc) is 2.25. The van der Waals surface area contributed by atoms with Crippen molar-refractivity contribution in [3.63, 3.8) is 0 Å². The normalized spacial score (nSPS) is 10.1. The number of rotatable bonds is 2. The fourth-order valence-electron chi connectivity index (χ4n) is 1.08. The second-order valence-corrected chi connectivity index (χ2v) is 4.55. The van der Waals surface area contributed by atoms with Crippen molar-refractivity contribution in [1.82, 2.24) is 9.97 Å². The average molecular weight is 348 g/mol. The summed E-state index contributed by atoms with van der Waals surface area (Å²) in [7, 11) is 0. The maximum absolute atomic E-state index is 5.75. The van der Waals surface area contributed by atoms with Gasteiger partial charge in [0.1, 0.15) is 17.8 Å². The van der Waals surface area contributed by atoms with Crippen molar-refractivity contribution in [2.24, 2.45) is 0 Å². The van der Waals surface area contributed by atoms with E-state index in [1.807, 2.05) is 24.3 Å². The zero-order valence-electron chi connectivity index (χ0n) is 8.02. The van der Waals surface area contributed by atoms with Gasteiger partial charge in [-0.25, -0.2) is 4.98 Å². The largest absolute Gasteiger partial charge is 0.437 e. The molecule has 0 saturated carbocycles. The third-order valence-corrected chi connectivity index (χ3v) is 2.78. The molecule has 0 saturated heterocycles. The summed E-state index contributed by atoms with van der Waals surface area (Å²) in [5.41, 5.74) is 5.92. The van der Waals surface area contributed by atoms with Crippen LogP contribution >= 0.6 is 34.2 Å². The Morgan fingerprint density at radius 1 is 1.31 bits per heavy atom. The van der Waals surface area contributed by atoms with E-state index in [9.17, 15) is 0 Å². The first-order valence-electron chi connectivity index (χ1n) is 4.36. The number of nitrogen functional groups attached to an aromatic ring is 1. The highest BCUT2D eigenvalue weighted by Gasteiger charge is 2.08. The van der Waals surface area contributed by atoms with Crippen LogP contribution in [0.4, 0.5) is 5.69 Å². The third-order valence-electron chi connectivity index (χ3n) is 1.81. The third kappa shape index (κ3) is 2.53. The highest BCUT2D eigenvalue weighted by Crippen LogP contribution is 2.29. The van der Waals surface area contributed by atoms with E-state index in [1.54, 1.807) is 0 Å². The quantitative estimate of drug-likeness (QED) is 0.670. The minimum absolute atomic E-state index is 0.190. The molecule has 2 rings (SSSR count). The van der Waals surface area contributed by atoms with Crippen LogP contribution in [0.15, 0.2) is 30.6 Å². The highest BCUT2D eigenvalue weighted by molar-refractivity contribution is 14.1. The lowest BCUT2D eigenvalue weighted by Crippen LogP contribution is -1.97. The Morgan fingerprint density at radius 2 is 2.12 bits per heavy atom. The molecule has 2 aromatic rings. The molecule has 1 heterocycles. The fourth-order valence-corrected chi connectivity index (χ4v) is 1.72. The molecule has 0 aliphatic rings. The molecule has 1 aromatic carbocycles. The van der Waals surface area contributed by atoms with Crippen molar-refractivity contribution in [2.75, 3.05) is 5.73 Å². The van der Waals surface area contributed by atoms with Crippen LogP contribution in [0.3, 0.4) is 0 Å². The zero-order valence-corrected chi connectivity index (χ0v) is 10.9. The van der Waals surface area contributed by atoms with Crippen molar-refractivity contribution < 1.29 is 4.74 Å². The molecule has 0 aliphatic carbocycles. The van der Waals surface area contributed by atoms with Crippen LogP contribution in [0.1, 0.15) is 0 Å². The molecule has 1 aromatic heterocycles. The molecule has 0 unspecified atom stereocenters. The summed E-state index contributed by atoms with van der Waals surface area (Å²) >= 11 is 7.95. The van der Waals surface area contributed by atoms with E-state index in [4.69, 9.17) is 22.1 Å². The van der Waals surface area contributed by atoms with Gasteiger partial charge in [0.2, 0.25) is 5.88 Å². The van der Waals surface area contributed by atoms with Crippen molar-refractivity contribution in [3.05, 3.63) is 39.3 Å². The van der Waals surface area contributed by atoms with Gasteiger partial charge in [0.15, 0.2) is 5.15 Å². The van der Waals surface area contributed by atoms with Crippen molar-refractivity contribution in [2.45, 2.75) is 0 Å². The van der Waals surface area contributed by atoms with E-state index >= 15 is 0 Å². The van der Waals surface area contributed by atoms with Gasteiger partial charge in [0.25, 0.3) is 0 Å². The highest BCUT2D eigenvalue weighted by atomic mass is 127. The van der Waals surface area contributed by atoms with Crippen molar-refractivity contribution in [1.29, 1.82) is 0 Å². The van der Waals surface area contributed by atoms with Gasteiger partial charge in [-0.15, -0.1) is 0 Å². The Morgan fingerprint density at radius 3 is 2.88 bits per heavy atom. The Labute approximate surface area is 111 Å². The molecule has 82 valence electrons. The van der Waals surface area contributed by atoms with Crippen LogP contribution in [0.25, 0.3) is 0 Å².